The average Bonchev–Trinajstić information content (AvgIpc) is 2.75. The van der Waals surface area contributed by atoms with Crippen LogP contribution in [0.25, 0.3) is 0 Å². The molecule has 2 aromatic rings. The number of aromatic nitrogens is 1. The van der Waals surface area contributed by atoms with Gasteiger partial charge < -0.3 is 0 Å². The molecule has 0 aliphatic rings. The summed E-state index contributed by atoms with van der Waals surface area (Å²) < 4.78 is 0.155. The Balaban J connectivity index is 2.63. The third-order valence-corrected chi connectivity index (χ3v) is 5.74. The van der Waals surface area contributed by atoms with E-state index in [-0.39, 0.29) is 13.0 Å². The third-order valence-electron chi connectivity index (χ3n) is 2.76. The first-order valence-corrected chi connectivity index (χ1v) is 8.36. The van der Waals surface area contributed by atoms with E-state index in [1.165, 1.54) is 0 Å². The van der Waals surface area contributed by atoms with E-state index in [2.05, 4.69) is 20.9 Å². The highest BCUT2D eigenvalue weighted by atomic mass is 79.9. The first-order chi connectivity index (χ1) is 10.8. The zero-order chi connectivity index (χ0) is 17.3. The van der Waals surface area contributed by atoms with Gasteiger partial charge in [-0.3, -0.25) is 20.2 Å². The molecular weight excluding hydrogens is 408 g/mol. The monoisotopic (exact) mass is 414 g/mol. The maximum Gasteiger partial charge on any atom is 0.372 e. The molecule has 2 heterocycles. The molecule has 0 atom stereocenters. The van der Waals surface area contributed by atoms with Crippen molar-refractivity contribution >= 4 is 50.4 Å². The van der Waals surface area contributed by atoms with Gasteiger partial charge in [-0.25, -0.2) is 4.98 Å². The molecule has 0 saturated carbocycles. The van der Waals surface area contributed by atoms with Gasteiger partial charge in [-0.1, -0.05) is 11.8 Å². The number of rotatable bonds is 4. The molecule has 0 aromatic carbocycles. The second-order valence-corrected chi connectivity index (χ2v) is 7.95. The van der Waals surface area contributed by atoms with Crippen molar-refractivity contribution in [3.8, 4) is 6.07 Å². The molecule has 0 radical (unpaired) electrons. The molecule has 0 bridgehead atoms. The lowest BCUT2D eigenvalue weighted by molar-refractivity contribution is -0.423. The lowest BCUT2D eigenvalue weighted by Crippen LogP contribution is -1.96. The van der Waals surface area contributed by atoms with Crippen LogP contribution in [0.3, 0.4) is 0 Å². The molecule has 0 saturated heterocycles. The smallest absolute Gasteiger partial charge is 0.258 e. The number of thiophene rings is 1. The zero-order valence-corrected chi connectivity index (χ0v) is 14.9. The van der Waals surface area contributed by atoms with Gasteiger partial charge in [-0.2, -0.15) is 5.26 Å². The molecule has 0 amide bonds. The molecule has 2 aromatic heterocycles. The maximum absolute atomic E-state index is 11.2. The van der Waals surface area contributed by atoms with Crippen molar-refractivity contribution in [2.75, 3.05) is 0 Å². The number of nitrogens with zero attached hydrogens (tertiary/aromatic N) is 4. The summed E-state index contributed by atoms with van der Waals surface area (Å²) in [6.07, 6.45) is 0. The van der Waals surface area contributed by atoms with Gasteiger partial charge in [0.25, 0.3) is 0 Å². The fourth-order valence-corrected chi connectivity index (χ4v) is 5.29. The molecular formula is C12H7BrN4O4S2. The van der Waals surface area contributed by atoms with Crippen molar-refractivity contribution in [2.24, 2.45) is 0 Å². The van der Waals surface area contributed by atoms with Crippen LogP contribution in [0.5, 0.6) is 0 Å². The lowest BCUT2D eigenvalue weighted by atomic mass is 10.1. The summed E-state index contributed by atoms with van der Waals surface area (Å²) >= 11 is 4.74. The highest BCUT2D eigenvalue weighted by molar-refractivity contribution is 9.11. The number of aryl methyl sites for hydroxylation is 2. The molecule has 0 N–H and O–H groups in total. The normalized spacial score (nSPS) is 10.3. The highest BCUT2D eigenvalue weighted by Crippen LogP contribution is 2.51. The lowest BCUT2D eigenvalue weighted by Gasteiger charge is -2.05. The van der Waals surface area contributed by atoms with Crippen LogP contribution in [-0.2, 0) is 0 Å². The largest absolute Gasteiger partial charge is 0.372 e. The van der Waals surface area contributed by atoms with E-state index in [0.717, 1.165) is 23.1 Å². The summed E-state index contributed by atoms with van der Waals surface area (Å²) in [5, 5.41) is 31.8. The predicted octanol–water partition coefficient (Wildman–Crippen LogP) is 4.36. The standard InChI is InChI=1S/C12H7BrN4O4S2/c1-5-3-6(2)15-11(7(5)4-14)23-12-9(17(20)21)8(16(18)19)10(13)22-12/h3H,1-2H3. The Kier molecular flexibility index (Phi) is 4.98. The van der Waals surface area contributed by atoms with Crippen molar-refractivity contribution in [3.63, 3.8) is 0 Å². The number of halogens is 1. The van der Waals surface area contributed by atoms with Gasteiger partial charge in [-0.05, 0) is 41.4 Å². The first-order valence-electron chi connectivity index (χ1n) is 5.93. The van der Waals surface area contributed by atoms with Gasteiger partial charge in [0, 0.05) is 5.69 Å². The second kappa shape index (κ2) is 6.61. The van der Waals surface area contributed by atoms with Gasteiger partial charge in [0.1, 0.15) is 11.1 Å². The van der Waals surface area contributed by atoms with E-state index in [9.17, 15) is 25.5 Å². The van der Waals surface area contributed by atoms with E-state index in [0.29, 0.717) is 16.8 Å². The summed E-state index contributed by atoms with van der Waals surface area (Å²) in [6, 6.07) is 3.74. The van der Waals surface area contributed by atoms with Gasteiger partial charge in [0.2, 0.25) is 0 Å². The van der Waals surface area contributed by atoms with Crippen molar-refractivity contribution < 1.29 is 9.85 Å². The van der Waals surface area contributed by atoms with E-state index in [1.54, 1.807) is 19.9 Å². The predicted molar refractivity (Wildman–Crippen MR) is 87.9 cm³/mol. The molecule has 0 spiro atoms. The maximum atomic E-state index is 11.2. The minimum atomic E-state index is -0.803. The van der Waals surface area contributed by atoms with Crippen LogP contribution in [0, 0.1) is 45.4 Å². The van der Waals surface area contributed by atoms with Gasteiger partial charge in [0.15, 0.2) is 8.00 Å². The first kappa shape index (κ1) is 17.3. The summed E-state index contributed by atoms with van der Waals surface area (Å²) in [5.41, 5.74) is 0.446. The van der Waals surface area contributed by atoms with Crippen molar-refractivity contribution in [1.82, 2.24) is 4.98 Å². The number of hydrogen-bond donors (Lipinski definition) is 0. The Hall–Kier alpha value is -2.03. The van der Waals surface area contributed by atoms with Crippen LogP contribution in [0.1, 0.15) is 16.8 Å². The van der Waals surface area contributed by atoms with Crippen LogP contribution in [0.15, 0.2) is 19.1 Å². The zero-order valence-electron chi connectivity index (χ0n) is 11.7. The summed E-state index contributed by atoms with van der Waals surface area (Å²) in [6.45, 7) is 3.47. The molecule has 2 rings (SSSR count). The van der Waals surface area contributed by atoms with E-state index < -0.39 is 21.2 Å². The van der Waals surface area contributed by atoms with Crippen molar-refractivity contribution in [1.29, 1.82) is 5.26 Å². The molecule has 0 unspecified atom stereocenters. The fraction of sp³-hybridized carbons (Fsp3) is 0.167. The van der Waals surface area contributed by atoms with Crippen LogP contribution in [0.2, 0.25) is 0 Å². The number of nitriles is 1. The topological polar surface area (TPSA) is 123 Å². The van der Waals surface area contributed by atoms with Crippen molar-refractivity contribution in [3.05, 3.63) is 46.9 Å². The van der Waals surface area contributed by atoms with Crippen LogP contribution in [0.4, 0.5) is 11.4 Å². The quantitative estimate of drug-likeness (QED) is 0.537. The molecule has 23 heavy (non-hydrogen) atoms. The number of hydrogen-bond acceptors (Lipinski definition) is 8. The Bertz CT molecular complexity index is 875. The molecule has 118 valence electrons. The van der Waals surface area contributed by atoms with Crippen LogP contribution < -0.4 is 0 Å². The van der Waals surface area contributed by atoms with Gasteiger partial charge in [0.05, 0.1) is 15.4 Å². The fourth-order valence-electron chi connectivity index (χ4n) is 1.86. The Labute approximate surface area is 146 Å². The van der Waals surface area contributed by atoms with E-state index in [4.69, 9.17) is 0 Å². The summed E-state index contributed by atoms with van der Waals surface area (Å²) in [5.74, 6) is 0. The molecule has 0 aliphatic carbocycles. The number of pyridine rings is 1. The highest BCUT2D eigenvalue weighted by Gasteiger charge is 2.36. The molecule has 0 fully saturated rings. The van der Waals surface area contributed by atoms with Crippen LogP contribution in [-0.4, -0.2) is 14.8 Å². The van der Waals surface area contributed by atoms with E-state index in [1.807, 2.05) is 6.07 Å². The summed E-state index contributed by atoms with van der Waals surface area (Å²) in [4.78, 5) is 24.9. The minimum absolute atomic E-state index is 0.0552. The van der Waals surface area contributed by atoms with Gasteiger partial charge in [-0.15, -0.1) is 11.3 Å². The molecule has 0 aliphatic heterocycles. The minimum Gasteiger partial charge on any atom is -0.258 e. The second-order valence-electron chi connectivity index (χ2n) is 4.35. The SMILES string of the molecule is Cc1cc(C)c(C#N)c(Sc2sc(Br)c([N+](=O)[O-])c2[N+](=O)[O-])n1. The Morgan fingerprint density at radius 3 is 2.43 bits per heavy atom. The van der Waals surface area contributed by atoms with Gasteiger partial charge >= 0.3 is 11.4 Å². The third kappa shape index (κ3) is 3.34. The Morgan fingerprint density at radius 2 is 1.91 bits per heavy atom. The van der Waals surface area contributed by atoms with Crippen molar-refractivity contribution in [2.45, 2.75) is 23.1 Å². The Morgan fingerprint density at radius 1 is 1.30 bits per heavy atom. The molecule has 8 nitrogen and oxygen atoms in total. The van der Waals surface area contributed by atoms with Crippen LogP contribution >= 0.6 is 39.0 Å². The summed E-state index contributed by atoms with van der Waals surface area (Å²) in [7, 11) is 0. The molecule has 11 heteroatoms. The number of nitro groups is 2. The van der Waals surface area contributed by atoms with E-state index >= 15 is 0 Å². The average molecular weight is 415 g/mol.